The summed E-state index contributed by atoms with van der Waals surface area (Å²) in [7, 11) is 1.38. The van der Waals surface area contributed by atoms with Crippen molar-refractivity contribution in [2.24, 2.45) is 0 Å². The van der Waals surface area contributed by atoms with E-state index in [0.29, 0.717) is 6.54 Å². The van der Waals surface area contributed by atoms with Gasteiger partial charge in [0.15, 0.2) is 49.6 Å². The molecule has 27 heavy (non-hydrogen) atoms. The summed E-state index contributed by atoms with van der Waals surface area (Å²) in [5, 5.41) is 0. The molecule has 1 saturated heterocycles. The molecule has 0 bridgehead atoms. The lowest BCUT2D eigenvalue weighted by atomic mass is 9.97. The fourth-order valence-electron chi connectivity index (χ4n) is 2.96. The minimum absolute atomic E-state index is 0.295. The molecule has 9 heteroatoms. The van der Waals surface area contributed by atoms with Crippen LogP contribution in [0.15, 0.2) is 30.6 Å². The summed E-state index contributed by atoms with van der Waals surface area (Å²) in [6, 6.07) is 5.53. The molecule has 0 N–H and O–H groups in total. The van der Waals surface area contributed by atoms with Crippen molar-refractivity contribution >= 4 is 17.9 Å². The van der Waals surface area contributed by atoms with Gasteiger partial charge in [-0.3, -0.25) is 14.4 Å². The van der Waals surface area contributed by atoms with E-state index in [1.54, 1.807) is 0 Å². The van der Waals surface area contributed by atoms with Crippen LogP contribution in [0.3, 0.4) is 0 Å². The van der Waals surface area contributed by atoms with Gasteiger partial charge in [-0.2, -0.15) is 0 Å². The number of hydrogen-bond donors (Lipinski definition) is 0. The van der Waals surface area contributed by atoms with Crippen molar-refractivity contribution in [2.75, 3.05) is 7.11 Å². The van der Waals surface area contributed by atoms with Crippen LogP contribution in [0.2, 0.25) is 0 Å². The standard InChI is InChI=1S/C18H24NO8/c1-11(20)24-15-14(10-19-8-6-5-7-9-19)27-18(23-4)17(26-13(3)22)16(15)25-12(2)21/h5-9,14-18H,10H2,1-4H3/q+1/t14-,15-,16+,17-,18-/m1/s1. The first-order valence-corrected chi connectivity index (χ1v) is 8.45. The summed E-state index contributed by atoms with van der Waals surface area (Å²) in [5.41, 5.74) is 0. The van der Waals surface area contributed by atoms with Crippen molar-refractivity contribution < 1.29 is 42.6 Å². The molecule has 1 aliphatic heterocycles. The Morgan fingerprint density at radius 2 is 1.37 bits per heavy atom. The highest BCUT2D eigenvalue weighted by atomic mass is 16.7. The van der Waals surface area contributed by atoms with Crippen molar-refractivity contribution in [3.8, 4) is 0 Å². The minimum atomic E-state index is -1.09. The average Bonchev–Trinajstić information content (AvgIpc) is 2.59. The Hall–Kier alpha value is -2.52. The molecule has 0 amide bonds. The van der Waals surface area contributed by atoms with E-state index < -0.39 is 48.6 Å². The highest BCUT2D eigenvalue weighted by molar-refractivity contribution is 5.68. The smallest absolute Gasteiger partial charge is 0.303 e. The number of ether oxygens (including phenoxy) is 5. The molecule has 9 nitrogen and oxygen atoms in total. The van der Waals surface area contributed by atoms with Crippen molar-refractivity contribution in [3.63, 3.8) is 0 Å². The van der Waals surface area contributed by atoms with E-state index in [1.165, 1.54) is 27.9 Å². The van der Waals surface area contributed by atoms with Crippen molar-refractivity contribution in [1.82, 2.24) is 0 Å². The minimum Gasteiger partial charge on any atom is -0.455 e. The van der Waals surface area contributed by atoms with Gasteiger partial charge in [0, 0.05) is 40.0 Å². The molecule has 1 aromatic rings. The van der Waals surface area contributed by atoms with E-state index >= 15 is 0 Å². The predicted octanol–water partition coefficient (Wildman–Crippen LogP) is 0.140. The lowest BCUT2D eigenvalue weighted by molar-refractivity contribution is -0.707. The van der Waals surface area contributed by atoms with Crippen LogP contribution in [-0.4, -0.2) is 55.7 Å². The molecule has 2 heterocycles. The van der Waals surface area contributed by atoms with Gasteiger partial charge in [0.25, 0.3) is 0 Å². The molecule has 1 aliphatic rings. The van der Waals surface area contributed by atoms with Gasteiger partial charge < -0.3 is 23.7 Å². The summed E-state index contributed by atoms with van der Waals surface area (Å²) >= 11 is 0. The Bertz CT molecular complexity index is 665. The molecular weight excluding hydrogens is 358 g/mol. The van der Waals surface area contributed by atoms with Crippen LogP contribution in [0.5, 0.6) is 0 Å². The van der Waals surface area contributed by atoms with Crippen molar-refractivity contribution in [1.29, 1.82) is 0 Å². The van der Waals surface area contributed by atoms with Crippen LogP contribution in [0, 0.1) is 0 Å². The molecule has 2 rings (SSSR count). The number of aromatic nitrogens is 1. The summed E-state index contributed by atoms with van der Waals surface area (Å²) in [6.07, 6.45) is -1.23. The van der Waals surface area contributed by atoms with E-state index in [2.05, 4.69) is 0 Å². The summed E-state index contributed by atoms with van der Waals surface area (Å²) in [4.78, 5) is 34.8. The predicted molar refractivity (Wildman–Crippen MR) is 89.0 cm³/mol. The Labute approximate surface area is 157 Å². The number of carbonyl (C=O) groups excluding carboxylic acids is 3. The molecule has 0 aromatic carbocycles. The van der Waals surface area contributed by atoms with E-state index in [1.807, 2.05) is 35.2 Å². The zero-order chi connectivity index (χ0) is 20.0. The number of nitrogens with zero attached hydrogens (tertiary/aromatic N) is 1. The third kappa shape index (κ3) is 5.73. The second-order valence-corrected chi connectivity index (χ2v) is 6.07. The van der Waals surface area contributed by atoms with Crippen LogP contribution in [0.25, 0.3) is 0 Å². The molecule has 0 saturated carbocycles. The Morgan fingerprint density at radius 1 is 0.852 bits per heavy atom. The van der Waals surface area contributed by atoms with Crippen LogP contribution in [0.4, 0.5) is 0 Å². The molecule has 0 radical (unpaired) electrons. The SMILES string of the molecule is CO[C@@H]1O[C@H](C[n+]2ccccc2)[C@@H](OC(C)=O)[C@H](OC(C)=O)[C@H]1OC(C)=O. The molecule has 148 valence electrons. The zero-order valence-electron chi connectivity index (χ0n) is 15.7. The second kappa shape index (κ2) is 9.43. The van der Waals surface area contributed by atoms with Crippen molar-refractivity contribution in [3.05, 3.63) is 30.6 Å². The second-order valence-electron chi connectivity index (χ2n) is 6.07. The largest absolute Gasteiger partial charge is 0.455 e. The lowest BCUT2D eigenvalue weighted by Gasteiger charge is -2.43. The Balaban J connectivity index is 2.38. The van der Waals surface area contributed by atoms with Gasteiger partial charge in [-0.1, -0.05) is 6.07 Å². The Morgan fingerprint density at radius 3 is 1.89 bits per heavy atom. The van der Waals surface area contributed by atoms with Crippen LogP contribution in [-0.2, 0) is 44.6 Å². The lowest BCUT2D eigenvalue weighted by Crippen LogP contribution is -2.64. The number of hydrogen-bond acceptors (Lipinski definition) is 8. The maximum atomic E-state index is 11.7. The number of esters is 3. The van der Waals surface area contributed by atoms with Crippen LogP contribution in [0.1, 0.15) is 20.8 Å². The number of rotatable bonds is 6. The Kier molecular flexibility index (Phi) is 7.26. The van der Waals surface area contributed by atoms with Gasteiger partial charge in [0.2, 0.25) is 0 Å². The van der Waals surface area contributed by atoms with Gasteiger partial charge in [-0.15, -0.1) is 0 Å². The molecule has 1 fully saturated rings. The quantitative estimate of drug-likeness (QED) is 0.389. The molecule has 5 atom stereocenters. The van der Waals surface area contributed by atoms with E-state index in [-0.39, 0.29) is 0 Å². The maximum Gasteiger partial charge on any atom is 0.303 e. The topological polar surface area (TPSA) is 101 Å². The van der Waals surface area contributed by atoms with Gasteiger partial charge in [0.05, 0.1) is 0 Å². The first-order chi connectivity index (χ1) is 12.8. The fraction of sp³-hybridized carbons (Fsp3) is 0.556. The van der Waals surface area contributed by atoms with Gasteiger partial charge in [-0.25, -0.2) is 4.57 Å². The average molecular weight is 382 g/mol. The monoisotopic (exact) mass is 382 g/mol. The van der Waals surface area contributed by atoms with Gasteiger partial charge in [0.1, 0.15) is 0 Å². The summed E-state index contributed by atoms with van der Waals surface area (Å²) < 4.78 is 29.0. The number of pyridine rings is 1. The van der Waals surface area contributed by atoms with Gasteiger partial charge in [-0.05, 0) is 0 Å². The fourth-order valence-corrected chi connectivity index (χ4v) is 2.96. The summed E-state index contributed by atoms with van der Waals surface area (Å²) in [6.45, 7) is 3.96. The summed E-state index contributed by atoms with van der Waals surface area (Å²) in [5.74, 6) is -1.81. The first kappa shape index (κ1) is 20.8. The number of carbonyl (C=O) groups is 3. The zero-order valence-corrected chi connectivity index (χ0v) is 15.7. The third-order valence-electron chi connectivity index (χ3n) is 3.90. The van der Waals surface area contributed by atoms with Gasteiger partial charge >= 0.3 is 17.9 Å². The van der Waals surface area contributed by atoms with Crippen molar-refractivity contribution in [2.45, 2.75) is 58.0 Å². The van der Waals surface area contributed by atoms with Crippen LogP contribution < -0.4 is 4.57 Å². The first-order valence-electron chi connectivity index (χ1n) is 8.45. The highest BCUT2D eigenvalue weighted by Gasteiger charge is 2.53. The molecule has 0 aliphatic carbocycles. The van der Waals surface area contributed by atoms with E-state index in [4.69, 9.17) is 23.7 Å². The van der Waals surface area contributed by atoms with E-state index in [0.717, 1.165) is 0 Å². The molecular formula is C18H24NO8+. The van der Waals surface area contributed by atoms with Crippen LogP contribution >= 0.6 is 0 Å². The maximum absolute atomic E-state index is 11.7. The molecule has 0 spiro atoms. The van der Waals surface area contributed by atoms with E-state index in [9.17, 15) is 14.4 Å². The molecule has 1 aromatic heterocycles. The normalized spacial score (nSPS) is 27.5. The highest BCUT2D eigenvalue weighted by Crippen LogP contribution is 2.29. The number of methoxy groups -OCH3 is 1. The third-order valence-corrected chi connectivity index (χ3v) is 3.90. The molecule has 0 unspecified atom stereocenters.